The molecule has 0 atom stereocenters. The fourth-order valence-corrected chi connectivity index (χ4v) is 4.31. The highest BCUT2D eigenvalue weighted by molar-refractivity contribution is 6.39. The Kier molecular flexibility index (Phi) is 7.61. The van der Waals surface area contributed by atoms with Crippen LogP contribution in [0, 0.1) is 0 Å². The second-order valence-electron chi connectivity index (χ2n) is 7.95. The summed E-state index contributed by atoms with van der Waals surface area (Å²) in [5, 5.41) is 3.09. The highest BCUT2D eigenvalue weighted by Gasteiger charge is 2.37. The van der Waals surface area contributed by atoms with Gasteiger partial charge in [-0.1, -0.05) is 41.4 Å². The van der Waals surface area contributed by atoms with Crippen molar-refractivity contribution in [3.05, 3.63) is 98.5 Å². The van der Waals surface area contributed by atoms with Crippen LogP contribution < -0.4 is 15.0 Å². The van der Waals surface area contributed by atoms with Crippen LogP contribution >= 0.6 is 23.2 Å². The molecule has 3 aromatic carbocycles. The molecule has 188 valence electrons. The average Bonchev–Trinajstić information content (AvgIpc) is 2.88. The molecule has 3 aromatic rings. The van der Waals surface area contributed by atoms with Gasteiger partial charge in [-0.2, -0.15) is 0 Å². The quantitative estimate of drug-likeness (QED) is 0.268. The minimum Gasteiger partial charge on any atom is -0.496 e. The molecule has 1 heterocycles. The summed E-state index contributed by atoms with van der Waals surface area (Å²) in [5.74, 6) is -1.82. The first kappa shape index (κ1) is 25.9. The van der Waals surface area contributed by atoms with Crippen LogP contribution in [0.15, 0.2) is 66.2 Å². The summed E-state index contributed by atoms with van der Waals surface area (Å²) < 4.78 is 10.2. The van der Waals surface area contributed by atoms with Gasteiger partial charge in [0.2, 0.25) is 0 Å². The summed E-state index contributed by atoms with van der Waals surface area (Å²) in [6, 6.07) is 15.3. The van der Waals surface area contributed by atoms with Crippen LogP contribution in [0.3, 0.4) is 0 Å². The summed E-state index contributed by atoms with van der Waals surface area (Å²) in [4.78, 5) is 50.8. The number of benzene rings is 3. The summed E-state index contributed by atoms with van der Waals surface area (Å²) in [6.45, 7) is 0. The van der Waals surface area contributed by atoms with Gasteiger partial charge in [-0.15, -0.1) is 0 Å². The van der Waals surface area contributed by atoms with E-state index in [1.54, 1.807) is 18.2 Å². The van der Waals surface area contributed by atoms with E-state index in [2.05, 4.69) is 10.1 Å². The van der Waals surface area contributed by atoms with Crippen molar-refractivity contribution in [3.63, 3.8) is 0 Å². The predicted octanol–water partition coefficient (Wildman–Crippen LogP) is 5.05. The van der Waals surface area contributed by atoms with Crippen LogP contribution in [0.5, 0.6) is 5.75 Å². The molecule has 0 aromatic heterocycles. The Morgan fingerprint density at radius 1 is 0.973 bits per heavy atom. The molecule has 0 unspecified atom stereocenters. The Labute approximate surface area is 222 Å². The van der Waals surface area contributed by atoms with E-state index in [1.807, 2.05) is 18.2 Å². The molecule has 1 aliphatic rings. The number of hydrogen-bond donors (Lipinski definition) is 1. The van der Waals surface area contributed by atoms with Gasteiger partial charge in [-0.25, -0.2) is 14.5 Å². The second-order valence-corrected chi connectivity index (χ2v) is 8.76. The van der Waals surface area contributed by atoms with Gasteiger partial charge in [0.15, 0.2) is 0 Å². The molecule has 0 radical (unpaired) electrons. The van der Waals surface area contributed by atoms with Gasteiger partial charge in [0.05, 0.1) is 25.5 Å². The number of rotatable bonds is 6. The maximum atomic E-state index is 13.2. The summed E-state index contributed by atoms with van der Waals surface area (Å²) in [6.07, 6.45) is 1.73. The summed E-state index contributed by atoms with van der Waals surface area (Å²) in [5.41, 5.74) is 2.07. The first-order valence-corrected chi connectivity index (χ1v) is 11.7. The fourth-order valence-electron chi connectivity index (χ4n) is 3.82. The number of nitrogens with one attached hydrogen (secondary N) is 1. The monoisotopic (exact) mass is 538 g/mol. The first-order valence-electron chi connectivity index (χ1n) is 10.9. The van der Waals surface area contributed by atoms with Gasteiger partial charge in [0.25, 0.3) is 11.8 Å². The zero-order chi connectivity index (χ0) is 26.7. The van der Waals surface area contributed by atoms with Crippen LogP contribution in [-0.4, -0.2) is 38.0 Å². The van der Waals surface area contributed by atoms with Gasteiger partial charge >= 0.3 is 12.0 Å². The van der Waals surface area contributed by atoms with E-state index in [4.69, 9.17) is 27.9 Å². The molecule has 0 aliphatic carbocycles. The molecule has 1 saturated heterocycles. The third kappa shape index (κ3) is 5.35. The molecule has 0 bridgehead atoms. The lowest BCUT2D eigenvalue weighted by Crippen LogP contribution is -2.54. The Balaban J connectivity index is 1.68. The summed E-state index contributed by atoms with van der Waals surface area (Å²) >= 11 is 12.9. The minimum atomic E-state index is -0.913. The van der Waals surface area contributed by atoms with Crippen molar-refractivity contribution >= 4 is 58.8 Å². The topological polar surface area (TPSA) is 102 Å². The van der Waals surface area contributed by atoms with Crippen molar-refractivity contribution in [3.8, 4) is 5.75 Å². The van der Waals surface area contributed by atoms with Crippen molar-refractivity contribution in [2.24, 2.45) is 0 Å². The lowest BCUT2D eigenvalue weighted by molar-refractivity contribution is -0.122. The van der Waals surface area contributed by atoms with E-state index in [1.165, 1.54) is 44.6 Å². The van der Waals surface area contributed by atoms with E-state index < -0.39 is 23.8 Å². The molecule has 10 heteroatoms. The second kappa shape index (κ2) is 10.9. The molecular formula is C27H20Cl2N2O6. The van der Waals surface area contributed by atoms with Crippen molar-refractivity contribution in [2.45, 2.75) is 6.42 Å². The van der Waals surface area contributed by atoms with Crippen molar-refractivity contribution < 1.29 is 28.7 Å². The lowest BCUT2D eigenvalue weighted by atomic mass is 10.00. The zero-order valence-corrected chi connectivity index (χ0v) is 21.2. The molecule has 8 nitrogen and oxygen atoms in total. The number of nitrogens with zero attached hydrogens (tertiary/aromatic N) is 1. The maximum absolute atomic E-state index is 13.2. The lowest BCUT2D eigenvalue weighted by Gasteiger charge is -2.26. The number of barbiturate groups is 1. The third-order valence-electron chi connectivity index (χ3n) is 5.68. The average molecular weight is 539 g/mol. The summed E-state index contributed by atoms with van der Waals surface area (Å²) in [7, 11) is 2.72. The number of amides is 4. The molecule has 37 heavy (non-hydrogen) atoms. The van der Waals surface area contributed by atoms with Crippen LogP contribution in [0.25, 0.3) is 6.08 Å². The number of hydrogen-bond acceptors (Lipinski definition) is 6. The molecule has 0 spiro atoms. The number of urea groups is 1. The number of carbonyl (C=O) groups is 4. The van der Waals surface area contributed by atoms with Crippen LogP contribution in [0.1, 0.15) is 27.0 Å². The van der Waals surface area contributed by atoms with E-state index in [9.17, 15) is 19.2 Å². The van der Waals surface area contributed by atoms with Gasteiger partial charge in [-0.05, 0) is 59.7 Å². The predicted molar refractivity (Wildman–Crippen MR) is 139 cm³/mol. The van der Waals surface area contributed by atoms with Crippen molar-refractivity contribution in [1.29, 1.82) is 0 Å². The van der Waals surface area contributed by atoms with Gasteiger partial charge in [0, 0.05) is 22.0 Å². The number of halogens is 2. The zero-order valence-electron chi connectivity index (χ0n) is 19.7. The first-order chi connectivity index (χ1) is 17.7. The largest absolute Gasteiger partial charge is 0.496 e. The van der Waals surface area contributed by atoms with E-state index in [0.29, 0.717) is 33.3 Å². The minimum absolute atomic E-state index is 0.166. The molecule has 1 aliphatic heterocycles. The van der Waals surface area contributed by atoms with Gasteiger partial charge in [0.1, 0.15) is 11.3 Å². The normalized spacial score (nSPS) is 14.5. The van der Waals surface area contributed by atoms with Crippen LogP contribution in [-0.2, 0) is 20.7 Å². The molecule has 4 rings (SSSR count). The Hall–Kier alpha value is -4.14. The van der Waals surface area contributed by atoms with Gasteiger partial charge in [-0.3, -0.25) is 14.9 Å². The number of methoxy groups -OCH3 is 2. The number of imide groups is 2. The van der Waals surface area contributed by atoms with Crippen LogP contribution in [0.2, 0.25) is 10.0 Å². The van der Waals surface area contributed by atoms with Gasteiger partial charge < -0.3 is 9.47 Å². The number of anilines is 1. The van der Waals surface area contributed by atoms with E-state index >= 15 is 0 Å². The van der Waals surface area contributed by atoms with Crippen molar-refractivity contribution in [2.75, 3.05) is 19.1 Å². The number of ether oxygens (including phenoxy) is 2. The number of carbonyl (C=O) groups excluding carboxylic acids is 4. The molecule has 1 N–H and O–H groups in total. The van der Waals surface area contributed by atoms with Crippen LogP contribution in [0.4, 0.5) is 10.5 Å². The smallest absolute Gasteiger partial charge is 0.337 e. The maximum Gasteiger partial charge on any atom is 0.337 e. The van der Waals surface area contributed by atoms with E-state index in [0.717, 1.165) is 10.5 Å². The Morgan fingerprint density at radius 3 is 2.32 bits per heavy atom. The highest BCUT2D eigenvalue weighted by Crippen LogP contribution is 2.33. The number of esters is 1. The Bertz CT molecular complexity index is 1450. The fraction of sp³-hybridized carbons (Fsp3) is 0.111. The molecule has 1 fully saturated rings. The molecular weight excluding hydrogens is 519 g/mol. The van der Waals surface area contributed by atoms with Crippen molar-refractivity contribution in [1.82, 2.24) is 5.32 Å². The Morgan fingerprint density at radius 2 is 1.68 bits per heavy atom. The molecule has 4 amide bonds. The molecule has 0 saturated carbocycles. The SMILES string of the molecule is COC(=O)c1ccc(N2C(=O)NC(=O)/C(=C\c3cc(Cl)c(Cc4ccccc4Cl)c(OC)c3)C2=O)cc1. The highest BCUT2D eigenvalue weighted by atomic mass is 35.5. The third-order valence-corrected chi connectivity index (χ3v) is 6.39. The van der Waals surface area contributed by atoms with E-state index in [-0.39, 0.29) is 16.8 Å². The standard InChI is InChI=1S/C27H20Cl2N2O6/c1-36-23-13-15(12-22(29)19(23)14-17-5-3-4-6-21(17)28)11-20-24(32)30-27(35)31(25(20)33)18-9-7-16(8-10-18)26(34)37-2/h3-13H,14H2,1-2H3,(H,30,32,35)/b20-11+.